The van der Waals surface area contributed by atoms with Crippen LogP contribution in [0, 0.1) is 6.92 Å². The lowest BCUT2D eigenvalue weighted by Gasteiger charge is -2.16. The summed E-state index contributed by atoms with van der Waals surface area (Å²) in [5, 5.41) is 2.89. The van der Waals surface area contributed by atoms with Crippen LogP contribution in [0.25, 0.3) is 0 Å². The largest absolute Gasteiger partial charge is 0.483 e. The average Bonchev–Trinajstić information content (AvgIpc) is 2.66. The Hall–Kier alpha value is -3.28. The number of ether oxygens (including phenoxy) is 1. The summed E-state index contributed by atoms with van der Waals surface area (Å²) < 4.78 is 5.45. The van der Waals surface area contributed by atoms with E-state index in [0.29, 0.717) is 11.4 Å². The second-order valence-corrected chi connectivity index (χ2v) is 6.21. The number of benzene rings is 2. The molecule has 2 aromatic carbocycles. The van der Waals surface area contributed by atoms with Crippen LogP contribution in [0.1, 0.15) is 30.5 Å². The molecular weight excluding hydrogens is 342 g/mol. The minimum absolute atomic E-state index is 0.0517. The Labute approximate surface area is 159 Å². The van der Waals surface area contributed by atoms with Crippen LogP contribution in [0.2, 0.25) is 0 Å². The van der Waals surface area contributed by atoms with Gasteiger partial charge in [0.05, 0.1) is 12.5 Å². The summed E-state index contributed by atoms with van der Waals surface area (Å²) in [6, 6.07) is 17.0. The first-order chi connectivity index (χ1) is 13.0. The number of nitrogens with one attached hydrogen (secondary N) is 3. The molecular formula is C21H25N3O3. The first kappa shape index (κ1) is 20.0. The van der Waals surface area contributed by atoms with Crippen molar-refractivity contribution in [2.45, 2.75) is 26.3 Å². The summed E-state index contributed by atoms with van der Waals surface area (Å²) in [7, 11) is 0. The van der Waals surface area contributed by atoms with Crippen LogP contribution >= 0.6 is 0 Å². The van der Waals surface area contributed by atoms with E-state index in [-0.39, 0.29) is 30.9 Å². The number of rotatable bonds is 9. The number of hydrazine groups is 1. The van der Waals surface area contributed by atoms with Crippen LogP contribution in [-0.2, 0) is 9.59 Å². The fourth-order valence-corrected chi connectivity index (χ4v) is 2.41. The van der Waals surface area contributed by atoms with Crippen LogP contribution < -0.4 is 20.9 Å². The number of hydrogen-bond donors (Lipinski definition) is 3. The van der Waals surface area contributed by atoms with Crippen LogP contribution in [-0.4, -0.2) is 18.4 Å². The highest BCUT2D eigenvalue weighted by Gasteiger charge is 2.11. The van der Waals surface area contributed by atoms with E-state index in [0.717, 1.165) is 11.1 Å². The van der Waals surface area contributed by atoms with Crippen LogP contribution in [0.4, 0.5) is 0 Å². The van der Waals surface area contributed by atoms with Gasteiger partial charge in [0.25, 0.3) is 5.91 Å². The van der Waals surface area contributed by atoms with E-state index in [1.54, 1.807) is 6.07 Å². The van der Waals surface area contributed by atoms with Crippen molar-refractivity contribution in [1.82, 2.24) is 16.2 Å². The second kappa shape index (κ2) is 10.0. The van der Waals surface area contributed by atoms with Crippen LogP contribution in [0.3, 0.4) is 0 Å². The van der Waals surface area contributed by atoms with E-state index in [1.807, 2.05) is 62.4 Å². The number of carbonyl (C=O) groups is 2. The van der Waals surface area contributed by atoms with Gasteiger partial charge in [0, 0.05) is 5.70 Å². The molecule has 6 heteroatoms. The molecule has 0 heterocycles. The summed E-state index contributed by atoms with van der Waals surface area (Å²) >= 11 is 0. The smallest absolute Gasteiger partial charge is 0.276 e. The number of carbonyl (C=O) groups excluding carboxylic acids is 2. The summed E-state index contributed by atoms with van der Waals surface area (Å²) in [4.78, 5) is 23.9. The molecule has 0 bridgehead atoms. The Kier molecular flexibility index (Phi) is 7.43. The van der Waals surface area contributed by atoms with Crippen molar-refractivity contribution in [2.24, 2.45) is 0 Å². The van der Waals surface area contributed by atoms with Crippen molar-refractivity contribution in [3.63, 3.8) is 0 Å². The van der Waals surface area contributed by atoms with Gasteiger partial charge >= 0.3 is 0 Å². The Bertz CT molecular complexity index is 790. The molecule has 0 aliphatic carbocycles. The third kappa shape index (κ3) is 6.86. The maximum absolute atomic E-state index is 12.1. The van der Waals surface area contributed by atoms with Crippen molar-refractivity contribution in [1.29, 1.82) is 0 Å². The van der Waals surface area contributed by atoms with Crippen LogP contribution in [0.5, 0.6) is 5.75 Å². The fourth-order valence-electron chi connectivity index (χ4n) is 2.41. The molecule has 0 saturated carbocycles. The predicted molar refractivity (Wildman–Crippen MR) is 105 cm³/mol. The zero-order valence-corrected chi connectivity index (χ0v) is 15.6. The molecule has 27 heavy (non-hydrogen) atoms. The van der Waals surface area contributed by atoms with Gasteiger partial charge in [0.2, 0.25) is 5.91 Å². The lowest BCUT2D eigenvalue weighted by molar-refractivity contribution is -0.124. The molecule has 2 amide bonds. The minimum Gasteiger partial charge on any atom is -0.483 e. The molecule has 0 aliphatic rings. The van der Waals surface area contributed by atoms with Gasteiger partial charge in [0.15, 0.2) is 6.61 Å². The van der Waals surface area contributed by atoms with Gasteiger partial charge in [-0.15, -0.1) is 0 Å². The molecule has 0 fully saturated rings. The van der Waals surface area contributed by atoms with Gasteiger partial charge in [-0.3, -0.25) is 15.0 Å². The number of para-hydroxylation sites is 1. The first-order valence-electron chi connectivity index (χ1n) is 8.71. The molecule has 6 nitrogen and oxygen atoms in total. The Morgan fingerprint density at radius 1 is 1.00 bits per heavy atom. The maximum atomic E-state index is 12.1. The molecule has 1 atom stereocenters. The van der Waals surface area contributed by atoms with Gasteiger partial charge in [-0.1, -0.05) is 55.1 Å². The molecule has 2 rings (SSSR count). The van der Waals surface area contributed by atoms with Gasteiger partial charge < -0.3 is 15.5 Å². The van der Waals surface area contributed by atoms with E-state index < -0.39 is 0 Å². The molecule has 1 unspecified atom stereocenters. The van der Waals surface area contributed by atoms with E-state index in [1.165, 1.54) is 0 Å². The lowest BCUT2D eigenvalue weighted by atomic mass is 10.1. The topological polar surface area (TPSA) is 79.5 Å². The van der Waals surface area contributed by atoms with Crippen molar-refractivity contribution in [3.8, 4) is 5.75 Å². The number of hydrogen-bond acceptors (Lipinski definition) is 4. The van der Waals surface area contributed by atoms with E-state index in [4.69, 9.17) is 4.74 Å². The van der Waals surface area contributed by atoms with Gasteiger partial charge in [-0.2, -0.15) is 0 Å². The molecule has 3 N–H and O–H groups in total. The highest BCUT2D eigenvalue weighted by Crippen LogP contribution is 2.15. The molecule has 142 valence electrons. The first-order valence-corrected chi connectivity index (χ1v) is 8.71. The molecule has 0 saturated heterocycles. The van der Waals surface area contributed by atoms with Gasteiger partial charge in [0.1, 0.15) is 5.75 Å². The lowest BCUT2D eigenvalue weighted by Crippen LogP contribution is -2.40. The van der Waals surface area contributed by atoms with Gasteiger partial charge in [-0.05, 0) is 31.0 Å². The monoisotopic (exact) mass is 367 g/mol. The molecule has 0 spiro atoms. The summed E-state index contributed by atoms with van der Waals surface area (Å²) in [5.41, 5.74) is 7.47. The fraction of sp³-hybridized carbons (Fsp3) is 0.238. The molecule has 0 aliphatic heterocycles. The zero-order chi connectivity index (χ0) is 19.6. The second-order valence-electron chi connectivity index (χ2n) is 6.21. The third-order valence-corrected chi connectivity index (χ3v) is 3.88. The Balaban J connectivity index is 1.68. The van der Waals surface area contributed by atoms with Crippen molar-refractivity contribution in [2.75, 3.05) is 6.61 Å². The highest BCUT2D eigenvalue weighted by atomic mass is 16.5. The SMILES string of the molecule is C=C(CC(=O)NC(C)c1ccccc1)NNC(=O)COc1ccccc1C. The van der Waals surface area contributed by atoms with Gasteiger partial charge in [-0.25, -0.2) is 0 Å². The van der Waals surface area contributed by atoms with E-state index >= 15 is 0 Å². The van der Waals surface area contributed by atoms with Crippen molar-refractivity contribution in [3.05, 3.63) is 78.0 Å². The quantitative estimate of drug-likeness (QED) is 0.596. The standard InChI is InChI=1S/C21H25N3O3/c1-15-9-7-8-12-19(15)27-14-21(26)24-23-16(2)13-20(25)22-17(3)18-10-5-4-6-11-18/h4-12,17,23H,2,13-14H2,1,3H3,(H,22,25)(H,24,26). The zero-order valence-electron chi connectivity index (χ0n) is 15.6. The normalized spacial score (nSPS) is 11.2. The van der Waals surface area contributed by atoms with Crippen molar-refractivity contribution >= 4 is 11.8 Å². The van der Waals surface area contributed by atoms with Crippen molar-refractivity contribution < 1.29 is 14.3 Å². The molecule has 0 aromatic heterocycles. The summed E-state index contributed by atoms with van der Waals surface area (Å²) in [6.45, 7) is 7.43. The third-order valence-electron chi connectivity index (χ3n) is 3.88. The Morgan fingerprint density at radius 2 is 1.67 bits per heavy atom. The van der Waals surface area contributed by atoms with E-state index in [9.17, 15) is 9.59 Å². The maximum Gasteiger partial charge on any atom is 0.276 e. The summed E-state index contributed by atoms with van der Waals surface area (Å²) in [6.07, 6.45) is 0.0517. The number of aryl methyl sites for hydroxylation is 1. The minimum atomic E-state index is -0.363. The summed E-state index contributed by atoms with van der Waals surface area (Å²) in [5.74, 6) is 0.104. The predicted octanol–water partition coefficient (Wildman–Crippen LogP) is 2.78. The average molecular weight is 367 g/mol. The number of amides is 2. The molecule has 2 aromatic rings. The molecule has 0 radical (unpaired) electrons. The highest BCUT2D eigenvalue weighted by molar-refractivity contribution is 5.79. The Morgan fingerprint density at radius 3 is 2.37 bits per heavy atom. The van der Waals surface area contributed by atoms with E-state index in [2.05, 4.69) is 22.7 Å². The van der Waals surface area contributed by atoms with Crippen LogP contribution in [0.15, 0.2) is 66.9 Å².